The monoisotopic (exact) mass is 417 g/mol. The summed E-state index contributed by atoms with van der Waals surface area (Å²) in [6.07, 6.45) is 1.68. The predicted octanol–water partition coefficient (Wildman–Crippen LogP) is 2.75. The van der Waals surface area contributed by atoms with Crippen molar-refractivity contribution in [2.45, 2.75) is 26.3 Å². The van der Waals surface area contributed by atoms with Gasteiger partial charge >= 0.3 is 5.97 Å². The maximum Gasteiger partial charge on any atom is 0.342 e. The highest BCUT2D eigenvalue weighted by Crippen LogP contribution is 2.34. The van der Waals surface area contributed by atoms with Gasteiger partial charge in [-0.3, -0.25) is 9.10 Å². The Balaban J connectivity index is 1.74. The van der Waals surface area contributed by atoms with Crippen LogP contribution in [0.1, 0.15) is 38.8 Å². The van der Waals surface area contributed by atoms with E-state index in [0.29, 0.717) is 23.4 Å². The molecule has 1 aliphatic heterocycles. The number of Topliss-reactive ketones (excluding diaryl/α,β-unsaturated/α-hetero) is 1. The molecule has 1 atom stereocenters. The van der Waals surface area contributed by atoms with Gasteiger partial charge in [0.15, 0.2) is 12.4 Å². The summed E-state index contributed by atoms with van der Waals surface area (Å²) in [7, 11) is -1.94. The molecule has 0 saturated carbocycles. The fourth-order valence-corrected chi connectivity index (χ4v) is 4.82. The number of methoxy groups -OCH3 is 1. The zero-order valence-corrected chi connectivity index (χ0v) is 17.6. The summed E-state index contributed by atoms with van der Waals surface area (Å²) in [6.45, 7) is 3.24. The molecule has 0 saturated heterocycles. The van der Waals surface area contributed by atoms with Crippen LogP contribution in [0.5, 0.6) is 5.75 Å². The van der Waals surface area contributed by atoms with Gasteiger partial charge in [-0.15, -0.1) is 0 Å². The van der Waals surface area contributed by atoms with E-state index in [2.05, 4.69) is 0 Å². The van der Waals surface area contributed by atoms with Gasteiger partial charge in [0.05, 0.1) is 19.1 Å². The number of anilines is 1. The number of fused-ring (bicyclic) bond motifs is 1. The van der Waals surface area contributed by atoms with E-state index < -0.39 is 22.6 Å². The highest BCUT2D eigenvalue weighted by molar-refractivity contribution is 7.92. The molecule has 0 radical (unpaired) electrons. The molecule has 0 fully saturated rings. The van der Waals surface area contributed by atoms with Crippen molar-refractivity contribution in [2.24, 2.45) is 0 Å². The average molecular weight is 417 g/mol. The normalized spacial score (nSPS) is 15.7. The number of nitrogens with zero attached hydrogens (tertiary/aromatic N) is 1. The number of carbonyl (C=O) groups excluding carboxylic acids is 2. The van der Waals surface area contributed by atoms with Gasteiger partial charge in [0.25, 0.3) is 0 Å². The standard InChI is InChI=1S/C21H23NO6S/c1-13-5-8-20(27-3)17(9-13)21(24)28-12-19(23)15-6-7-18-16(11-15)10-14(2)22(18)29(4,25)26/h5-9,11,14H,10,12H2,1-4H3/t14-/m0/s1. The van der Waals surface area contributed by atoms with Gasteiger partial charge < -0.3 is 9.47 Å². The van der Waals surface area contributed by atoms with Crippen molar-refractivity contribution < 1.29 is 27.5 Å². The number of esters is 1. The van der Waals surface area contributed by atoms with Gasteiger partial charge in [-0.05, 0) is 56.2 Å². The molecule has 3 rings (SSSR count). The van der Waals surface area contributed by atoms with E-state index in [1.165, 1.54) is 11.4 Å². The van der Waals surface area contributed by atoms with Crippen molar-refractivity contribution in [1.29, 1.82) is 0 Å². The topological polar surface area (TPSA) is 90.0 Å². The lowest BCUT2D eigenvalue weighted by Gasteiger charge is -2.21. The number of aryl methyl sites for hydroxylation is 1. The number of hydrogen-bond donors (Lipinski definition) is 0. The van der Waals surface area contributed by atoms with E-state index >= 15 is 0 Å². The molecular formula is C21H23NO6S. The highest BCUT2D eigenvalue weighted by atomic mass is 32.2. The maximum absolute atomic E-state index is 12.5. The number of ketones is 1. The van der Waals surface area contributed by atoms with Crippen molar-refractivity contribution in [3.8, 4) is 5.75 Å². The lowest BCUT2D eigenvalue weighted by Crippen LogP contribution is -2.34. The Morgan fingerprint density at radius 3 is 2.55 bits per heavy atom. The van der Waals surface area contributed by atoms with Crippen LogP contribution in [-0.2, 0) is 21.2 Å². The SMILES string of the molecule is COc1ccc(C)cc1C(=O)OCC(=O)c1ccc2c(c1)C[C@H](C)N2S(C)(=O)=O. The number of benzene rings is 2. The second kappa shape index (κ2) is 7.87. The van der Waals surface area contributed by atoms with Gasteiger partial charge in [0.1, 0.15) is 11.3 Å². The highest BCUT2D eigenvalue weighted by Gasteiger charge is 2.32. The number of sulfonamides is 1. The summed E-state index contributed by atoms with van der Waals surface area (Å²) >= 11 is 0. The molecule has 1 heterocycles. The molecule has 0 N–H and O–H groups in total. The number of carbonyl (C=O) groups is 2. The van der Waals surface area contributed by atoms with Crippen LogP contribution in [0, 0.1) is 6.92 Å². The van der Waals surface area contributed by atoms with E-state index in [4.69, 9.17) is 9.47 Å². The van der Waals surface area contributed by atoms with Gasteiger partial charge in [-0.1, -0.05) is 11.6 Å². The van der Waals surface area contributed by atoms with E-state index in [1.807, 2.05) is 19.9 Å². The Bertz CT molecular complexity index is 1080. The smallest absolute Gasteiger partial charge is 0.342 e. The summed E-state index contributed by atoms with van der Waals surface area (Å²) in [5, 5.41) is 0. The Labute approximate surface area is 170 Å². The van der Waals surface area contributed by atoms with Crippen LogP contribution in [0.15, 0.2) is 36.4 Å². The third-order valence-electron chi connectivity index (χ3n) is 4.82. The minimum atomic E-state index is -3.39. The van der Waals surface area contributed by atoms with Crippen LogP contribution in [0.2, 0.25) is 0 Å². The van der Waals surface area contributed by atoms with Crippen molar-refractivity contribution in [2.75, 3.05) is 24.3 Å². The first-order chi connectivity index (χ1) is 13.6. The van der Waals surface area contributed by atoms with Crippen molar-refractivity contribution in [3.05, 3.63) is 58.7 Å². The maximum atomic E-state index is 12.5. The first-order valence-electron chi connectivity index (χ1n) is 9.09. The Morgan fingerprint density at radius 1 is 1.17 bits per heavy atom. The predicted molar refractivity (Wildman–Crippen MR) is 109 cm³/mol. The summed E-state index contributed by atoms with van der Waals surface area (Å²) in [4.78, 5) is 24.9. The van der Waals surface area contributed by atoms with Gasteiger partial charge in [0, 0.05) is 11.6 Å². The Hall–Kier alpha value is -2.87. The minimum Gasteiger partial charge on any atom is -0.496 e. The molecule has 0 aliphatic carbocycles. The van der Waals surface area contributed by atoms with E-state index in [9.17, 15) is 18.0 Å². The molecule has 2 aromatic carbocycles. The minimum absolute atomic E-state index is 0.211. The van der Waals surface area contributed by atoms with E-state index in [1.54, 1.807) is 30.3 Å². The summed E-state index contributed by atoms with van der Waals surface area (Å²) < 4.78 is 35.7. The largest absolute Gasteiger partial charge is 0.496 e. The molecule has 0 aromatic heterocycles. The second-order valence-electron chi connectivity index (χ2n) is 7.16. The Morgan fingerprint density at radius 2 is 1.90 bits per heavy atom. The molecule has 29 heavy (non-hydrogen) atoms. The molecule has 154 valence electrons. The molecule has 8 heteroatoms. The summed E-state index contributed by atoms with van der Waals surface area (Å²) in [6, 6.07) is 9.76. The second-order valence-corrected chi connectivity index (χ2v) is 9.02. The number of ether oxygens (including phenoxy) is 2. The van der Waals surface area contributed by atoms with Crippen LogP contribution in [-0.4, -0.2) is 46.2 Å². The van der Waals surface area contributed by atoms with Crippen LogP contribution < -0.4 is 9.04 Å². The van der Waals surface area contributed by atoms with Crippen LogP contribution in [0.3, 0.4) is 0 Å². The van der Waals surface area contributed by atoms with Gasteiger partial charge in [0.2, 0.25) is 10.0 Å². The van der Waals surface area contributed by atoms with Crippen molar-refractivity contribution in [3.63, 3.8) is 0 Å². The number of rotatable bonds is 6. The number of hydrogen-bond acceptors (Lipinski definition) is 6. The van der Waals surface area contributed by atoms with Crippen LogP contribution >= 0.6 is 0 Å². The zero-order chi connectivity index (χ0) is 21.3. The molecular weight excluding hydrogens is 394 g/mol. The molecule has 0 bridgehead atoms. The molecule has 7 nitrogen and oxygen atoms in total. The van der Waals surface area contributed by atoms with Gasteiger partial charge in [-0.25, -0.2) is 13.2 Å². The molecule has 0 unspecified atom stereocenters. The Kier molecular flexibility index (Phi) is 5.66. The molecule has 0 spiro atoms. The third-order valence-corrected chi connectivity index (χ3v) is 6.09. The van der Waals surface area contributed by atoms with E-state index in [0.717, 1.165) is 17.4 Å². The van der Waals surface area contributed by atoms with E-state index in [-0.39, 0.29) is 17.4 Å². The lowest BCUT2D eigenvalue weighted by molar-refractivity contribution is 0.0471. The fraction of sp³-hybridized carbons (Fsp3) is 0.333. The fourth-order valence-electron chi connectivity index (χ4n) is 3.56. The zero-order valence-electron chi connectivity index (χ0n) is 16.8. The van der Waals surface area contributed by atoms with Crippen molar-refractivity contribution >= 4 is 27.5 Å². The van der Waals surface area contributed by atoms with Crippen molar-refractivity contribution in [1.82, 2.24) is 0 Å². The molecule has 1 aliphatic rings. The lowest BCUT2D eigenvalue weighted by atomic mass is 10.0. The van der Waals surface area contributed by atoms with Crippen LogP contribution in [0.4, 0.5) is 5.69 Å². The third kappa shape index (κ3) is 4.27. The summed E-state index contributed by atoms with van der Waals surface area (Å²) in [5.41, 5.74) is 2.85. The molecule has 0 amide bonds. The first kappa shape index (κ1) is 20.9. The first-order valence-corrected chi connectivity index (χ1v) is 10.9. The van der Waals surface area contributed by atoms with Gasteiger partial charge in [-0.2, -0.15) is 0 Å². The quantitative estimate of drug-likeness (QED) is 0.530. The molecule has 2 aromatic rings. The average Bonchev–Trinajstić information content (AvgIpc) is 3.00. The summed E-state index contributed by atoms with van der Waals surface area (Å²) in [5.74, 6) is -0.629. The van der Waals surface area contributed by atoms with Crippen LogP contribution in [0.25, 0.3) is 0 Å².